The molecule has 0 aromatic rings. The van der Waals surface area contributed by atoms with Gasteiger partial charge in [-0.3, -0.25) is 10.2 Å². The SMILES string of the molecule is COCCC(=O)/C(C)=C/C(=N)N. The van der Waals surface area contributed by atoms with Crippen molar-refractivity contribution in [3.8, 4) is 0 Å². The molecule has 0 unspecified atom stereocenters. The Hall–Kier alpha value is -1.16. The molecule has 68 valence electrons. The lowest BCUT2D eigenvalue weighted by molar-refractivity contribution is -0.116. The summed E-state index contributed by atoms with van der Waals surface area (Å²) < 4.78 is 4.73. The Balaban J connectivity index is 4.01. The van der Waals surface area contributed by atoms with E-state index in [-0.39, 0.29) is 11.6 Å². The summed E-state index contributed by atoms with van der Waals surface area (Å²) in [6.45, 7) is 2.04. The summed E-state index contributed by atoms with van der Waals surface area (Å²) in [6.07, 6.45) is 1.68. The van der Waals surface area contributed by atoms with Gasteiger partial charge in [0, 0.05) is 13.5 Å². The van der Waals surface area contributed by atoms with Crippen LogP contribution in [0.15, 0.2) is 11.6 Å². The summed E-state index contributed by atoms with van der Waals surface area (Å²) in [7, 11) is 1.54. The van der Waals surface area contributed by atoms with E-state index >= 15 is 0 Å². The number of carbonyl (C=O) groups is 1. The van der Waals surface area contributed by atoms with Crippen molar-refractivity contribution < 1.29 is 9.53 Å². The van der Waals surface area contributed by atoms with Crippen LogP contribution in [0.4, 0.5) is 0 Å². The van der Waals surface area contributed by atoms with Crippen LogP contribution >= 0.6 is 0 Å². The number of nitrogens with one attached hydrogen (secondary N) is 1. The highest BCUT2D eigenvalue weighted by molar-refractivity contribution is 6.01. The number of ether oxygens (including phenoxy) is 1. The smallest absolute Gasteiger partial charge is 0.161 e. The minimum absolute atomic E-state index is 0.0351. The Morgan fingerprint density at radius 1 is 1.67 bits per heavy atom. The van der Waals surface area contributed by atoms with Crippen molar-refractivity contribution in [2.75, 3.05) is 13.7 Å². The van der Waals surface area contributed by atoms with Gasteiger partial charge in [-0.15, -0.1) is 0 Å². The van der Waals surface area contributed by atoms with Crippen LogP contribution in [0.25, 0.3) is 0 Å². The van der Waals surface area contributed by atoms with Crippen molar-refractivity contribution in [3.05, 3.63) is 11.6 Å². The molecule has 0 atom stereocenters. The molecule has 0 saturated heterocycles. The highest BCUT2D eigenvalue weighted by Crippen LogP contribution is 1.98. The van der Waals surface area contributed by atoms with Gasteiger partial charge in [-0.1, -0.05) is 0 Å². The first kappa shape index (κ1) is 10.8. The fourth-order valence-corrected chi connectivity index (χ4v) is 0.706. The summed E-state index contributed by atoms with van der Waals surface area (Å²) in [5.74, 6) is -0.134. The number of amidine groups is 1. The monoisotopic (exact) mass is 170 g/mol. The van der Waals surface area contributed by atoms with Crippen LogP contribution < -0.4 is 5.73 Å². The van der Waals surface area contributed by atoms with Gasteiger partial charge in [-0.05, 0) is 18.6 Å². The summed E-state index contributed by atoms with van der Waals surface area (Å²) in [4.78, 5) is 11.1. The molecule has 3 N–H and O–H groups in total. The van der Waals surface area contributed by atoms with Crippen molar-refractivity contribution in [1.29, 1.82) is 5.41 Å². The Bertz CT molecular complexity index is 209. The average molecular weight is 170 g/mol. The van der Waals surface area contributed by atoms with Gasteiger partial charge < -0.3 is 10.5 Å². The van der Waals surface area contributed by atoms with Gasteiger partial charge in [0.2, 0.25) is 0 Å². The standard InChI is InChI=1S/C8H14N2O2/c1-6(5-8(9)10)7(11)3-4-12-2/h5H,3-4H2,1-2H3,(H3,9,10)/b6-5+. The fraction of sp³-hybridized carbons (Fsp3) is 0.500. The molecule has 0 aliphatic carbocycles. The normalized spacial score (nSPS) is 11.3. The van der Waals surface area contributed by atoms with Gasteiger partial charge in [0.25, 0.3) is 0 Å². The number of hydrogen-bond donors (Lipinski definition) is 2. The molecule has 0 fully saturated rings. The molecule has 0 saturated carbocycles. The molecule has 0 aromatic carbocycles. The van der Waals surface area contributed by atoms with Gasteiger partial charge in [-0.25, -0.2) is 0 Å². The molecule has 0 amide bonds. The zero-order valence-corrected chi connectivity index (χ0v) is 7.39. The minimum Gasteiger partial charge on any atom is -0.384 e. The third-order valence-corrected chi connectivity index (χ3v) is 1.35. The molecule has 0 heterocycles. The molecule has 0 spiro atoms. The number of nitrogens with two attached hydrogens (primary N) is 1. The van der Waals surface area contributed by atoms with Gasteiger partial charge >= 0.3 is 0 Å². The van der Waals surface area contributed by atoms with E-state index in [1.54, 1.807) is 6.92 Å². The van der Waals surface area contributed by atoms with Crippen molar-refractivity contribution in [2.45, 2.75) is 13.3 Å². The molecule has 12 heavy (non-hydrogen) atoms. The number of Topliss-reactive ketones (excluding diaryl/α,β-unsaturated/α-hetero) is 1. The quantitative estimate of drug-likeness (QED) is 0.358. The van der Waals surface area contributed by atoms with Gasteiger partial charge in [0.05, 0.1) is 6.61 Å². The van der Waals surface area contributed by atoms with E-state index in [0.29, 0.717) is 18.6 Å². The van der Waals surface area contributed by atoms with Crippen molar-refractivity contribution in [3.63, 3.8) is 0 Å². The zero-order valence-electron chi connectivity index (χ0n) is 7.39. The average Bonchev–Trinajstić information content (AvgIpc) is 1.98. The second kappa shape index (κ2) is 5.49. The molecule has 0 aromatic heterocycles. The lowest BCUT2D eigenvalue weighted by Crippen LogP contribution is -2.10. The number of methoxy groups -OCH3 is 1. The van der Waals surface area contributed by atoms with Crippen LogP contribution in [0.1, 0.15) is 13.3 Å². The van der Waals surface area contributed by atoms with E-state index in [1.165, 1.54) is 13.2 Å². The van der Waals surface area contributed by atoms with Crippen LogP contribution in [-0.2, 0) is 9.53 Å². The highest BCUT2D eigenvalue weighted by atomic mass is 16.5. The summed E-state index contributed by atoms with van der Waals surface area (Å²) >= 11 is 0. The van der Waals surface area contributed by atoms with Crippen LogP contribution in [0.2, 0.25) is 0 Å². The van der Waals surface area contributed by atoms with Gasteiger partial charge in [-0.2, -0.15) is 0 Å². The zero-order chi connectivity index (χ0) is 9.56. The first-order valence-corrected chi connectivity index (χ1v) is 3.62. The van der Waals surface area contributed by atoms with Crippen LogP contribution in [0.3, 0.4) is 0 Å². The van der Waals surface area contributed by atoms with E-state index < -0.39 is 0 Å². The molecule has 0 rings (SSSR count). The van der Waals surface area contributed by atoms with Gasteiger partial charge in [0.15, 0.2) is 5.78 Å². The second-order valence-electron chi connectivity index (χ2n) is 2.45. The number of rotatable bonds is 5. The maximum atomic E-state index is 11.1. The van der Waals surface area contributed by atoms with Crippen LogP contribution in [0.5, 0.6) is 0 Å². The van der Waals surface area contributed by atoms with Gasteiger partial charge in [0.1, 0.15) is 5.84 Å². The summed E-state index contributed by atoms with van der Waals surface area (Å²) in [5.41, 5.74) is 5.58. The number of hydrogen-bond acceptors (Lipinski definition) is 3. The fourth-order valence-electron chi connectivity index (χ4n) is 0.706. The first-order chi connectivity index (χ1) is 5.57. The first-order valence-electron chi connectivity index (χ1n) is 3.62. The largest absolute Gasteiger partial charge is 0.384 e. The van der Waals surface area contributed by atoms with E-state index in [9.17, 15) is 4.79 Å². The Morgan fingerprint density at radius 2 is 2.25 bits per heavy atom. The maximum absolute atomic E-state index is 11.1. The predicted molar refractivity (Wildman–Crippen MR) is 47.2 cm³/mol. The molecule has 0 bridgehead atoms. The Morgan fingerprint density at radius 3 is 2.67 bits per heavy atom. The Labute approximate surface area is 71.9 Å². The maximum Gasteiger partial charge on any atom is 0.161 e. The molecule has 4 heteroatoms. The molecule has 4 nitrogen and oxygen atoms in total. The summed E-state index contributed by atoms with van der Waals surface area (Å²) in [6, 6.07) is 0. The minimum atomic E-state index is -0.0988. The molecule has 0 radical (unpaired) electrons. The van der Waals surface area contributed by atoms with E-state index in [4.69, 9.17) is 15.9 Å². The van der Waals surface area contributed by atoms with Crippen LogP contribution in [0, 0.1) is 5.41 Å². The third-order valence-electron chi connectivity index (χ3n) is 1.35. The predicted octanol–water partition coefficient (Wildman–Crippen LogP) is 0.474. The number of allylic oxidation sites excluding steroid dienone is 1. The molecular weight excluding hydrogens is 156 g/mol. The second-order valence-corrected chi connectivity index (χ2v) is 2.45. The lowest BCUT2D eigenvalue weighted by Gasteiger charge is -1.99. The highest BCUT2D eigenvalue weighted by Gasteiger charge is 2.03. The topological polar surface area (TPSA) is 76.2 Å². The Kier molecular flexibility index (Phi) is 4.96. The van der Waals surface area contributed by atoms with Crippen molar-refractivity contribution in [1.82, 2.24) is 0 Å². The van der Waals surface area contributed by atoms with E-state index in [0.717, 1.165) is 0 Å². The van der Waals surface area contributed by atoms with E-state index in [2.05, 4.69) is 0 Å². The van der Waals surface area contributed by atoms with E-state index in [1.807, 2.05) is 0 Å². The molecule has 0 aliphatic rings. The molecular formula is C8H14N2O2. The third kappa shape index (κ3) is 4.62. The number of carbonyl (C=O) groups excluding carboxylic acids is 1. The van der Waals surface area contributed by atoms with Crippen molar-refractivity contribution in [2.24, 2.45) is 5.73 Å². The summed E-state index contributed by atoms with van der Waals surface area (Å²) in [5, 5.41) is 6.91. The van der Waals surface area contributed by atoms with Crippen LogP contribution in [-0.4, -0.2) is 25.3 Å². The number of ketones is 1. The lowest BCUT2D eigenvalue weighted by atomic mass is 10.1. The van der Waals surface area contributed by atoms with Crippen molar-refractivity contribution >= 4 is 11.6 Å². The molecule has 0 aliphatic heterocycles.